The van der Waals surface area contributed by atoms with Crippen molar-refractivity contribution in [2.45, 2.75) is 0 Å². The van der Waals surface area contributed by atoms with Gasteiger partial charge in [-0.1, -0.05) is 18.2 Å². The van der Waals surface area contributed by atoms with Gasteiger partial charge in [-0.2, -0.15) is 0 Å². The Morgan fingerprint density at radius 2 is 1.70 bits per heavy atom. The van der Waals surface area contributed by atoms with E-state index in [1.54, 1.807) is 6.20 Å². The van der Waals surface area contributed by atoms with Crippen LogP contribution in [0.5, 0.6) is 0 Å². The zero-order chi connectivity index (χ0) is 13.5. The largest absolute Gasteiger partial charge is 0.308 e. The molecule has 1 aromatic carbocycles. The molecule has 0 N–H and O–H groups in total. The molecule has 4 aromatic rings. The Morgan fingerprint density at radius 3 is 2.60 bits per heavy atom. The number of hydrogen-bond acceptors (Lipinski definition) is 2. The number of halogens is 1. The van der Waals surface area contributed by atoms with Gasteiger partial charge in [0.15, 0.2) is 0 Å². The first-order chi connectivity index (χ1) is 9.84. The highest BCUT2D eigenvalue weighted by molar-refractivity contribution is 9.10. The van der Waals surface area contributed by atoms with Gasteiger partial charge in [0.1, 0.15) is 0 Å². The van der Waals surface area contributed by atoms with E-state index >= 15 is 0 Å². The van der Waals surface area contributed by atoms with Crippen LogP contribution >= 0.6 is 15.9 Å². The van der Waals surface area contributed by atoms with E-state index in [9.17, 15) is 0 Å². The molecule has 0 bridgehead atoms. The van der Waals surface area contributed by atoms with Crippen LogP contribution in [0.25, 0.3) is 27.5 Å². The molecule has 0 atom stereocenters. The van der Waals surface area contributed by atoms with Crippen LogP contribution in [0.15, 0.2) is 65.7 Å². The molecule has 0 unspecified atom stereocenters. The number of nitrogens with zero attached hydrogens (tertiary/aromatic N) is 3. The summed E-state index contributed by atoms with van der Waals surface area (Å²) in [5.41, 5.74) is 3.34. The molecule has 0 aliphatic heterocycles. The van der Waals surface area contributed by atoms with Gasteiger partial charge in [-0.15, -0.1) is 0 Å². The normalized spacial score (nSPS) is 11.2. The molecule has 0 amide bonds. The lowest BCUT2D eigenvalue weighted by molar-refractivity contribution is 1.13. The third-order valence-electron chi connectivity index (χ3n) is 3.42. The van der Waals surface area contributed by atoms with Gasteiger partial charge < -0.3 is 4.57 Å². The van der Waals surface area contributed by atoms with Crippen molar-refractivity contribution in [2.75, 3.05) is 0 Å². The molecule has 0 radical (unpaired) electrons. The standard InChI is InChI=1S/C16H10BrN3/c17-11-7-12(9-19-8-11)20-15-4-2-1-3-13(15)14-10-18-6-5-16(14)20/h1-10H. The van der Waals surface area contributed by atoms with Crippen LogP contribution in [0.2, 0.25) is 0 Å². The van der Waals surface area contributed by atoms with Gasteiger partial charge in [-0.3, -0.25) is 9.97 Å². The minimum atomic E-state index is 0.968. The Bertz CT molecular complexity index is 874. The smallest absolute Gasteiger partial charge is 0.0656 e. The van der Waals surface area contributed by atoms with Crippen molar-refractivity contribution in [2.24, 2.45) is 0 Å². The van der Waals surface area contributed by atoms with Crippen LogP contribution in [0.4, 0.5) is 0 Å². The number of hydrogen-bond donors (Lipinski definition) is 0. The summed E-state index contributed by atoms with van der Waals surface area (Å²) in [6, 6.07) is 12.5. The molecule has 0 aliphatic rings. The van der Waals surface area contributed by atoms with Gasteiger partial charge in [0, 0.05) is 33.8 Å². The molecular weight excluding hydrogens is 314 g/mol. The molecular formula is C16H10BrN3. The van der Waals surface area contributed by atoms with Crippen molar-refractivity contribution in [1.29, 1.82) is 0 Å². The van der Waals surface area contributed by atoms with Gasteiger partial charge in [0.25, 0.3) is 0 Å². The average Bonchev–Trinajstić information content (AvgIpc) is 2.82. The summed E-state index contributed by atoms with van der Waals surface area (Å²) in [5.74, 6) is 0. The lowest BCUT2D eigenvalue weighted by Crippen LogP contribution is -1.94. The van der Waals surface area contributed by atoms with E-state index in [0.717, 1.165) is 26.6 Å². The number of para-hydroxylation sites is 1. The second kappa shape index (κ2) is 4.42. The summed E-state index contributed by atoms with van der Waals surface area (Å²) >= 11 is 3.49. The topological polar surface area (TPSA) is 30.7 Å². The molecule has 4 rings (SSSR count). The number of aromatic nitrogens is 3. The fraction of sp³-hybridized carbons (Fsp3) is 0. The van der Waals surface area contributed by atoms with Crippen molar-refractivity contribution in [3.05, 3.63) is 65.7 Å². The Balaban J connectivity index is 2.21. The lowest BCUT2D eigenvalue weighted by atomic mass is 10.2. The molecule has 0 fully saturated rings. The predicted octanol–water partition coefficient (Wildman–Crippen LogP) is 4.34. The minimum Gasteiger partial charge on any atom is -0.308 e. The van der Waals surface area contributed by atoms with E-state index in [1.807, 2.05) is 24.7 Å². The molecule has 20 heavy (non-hydrogen) atoms. The van der Waals surface area contributed by atoms with Crippen molar-refractivity contribution in [3.8, 4) is 5.69 Å². The first-order valence-electron chi connectivity index (χ1n) is 6.29. The Morgan fingerprint density at radius 1 is 0.850 bits per heavy atom. The Labute approximate surface area is 124 Å². The molecule has 3 aromatic heterocycles. The lowest BCUT2D eigenvalue weighted by Gasteiger charge is -2.07. The van der Waals surface area contributed by atoms with E-state index in [0.29, 0.717) is 0 Å². The molecule has 0 saturated heterocycles. The van der Waals surface area contributed by atoms with Gasteiger partial charge in [0.2, 0.25) is 0 Å². The zero-order valence-electron chi connectivity index (χ0n) is 10.5. The minimum absolute atomic E-state index is 0.968. The van der Waals surface area contributed by atoms with Crippen LogP contribution < -0.4 is 0 Å². The quantitative estimate of drug-likeness (QED) is 0.521. The maximum absolute atomic E-state index is 4.27. The van der Waals surface area contributed by atoms with E-state index in [2.05, 4.69) is 60.8 Å². The molecule has 4 heteroatoms. The first-order valence-corrected chi connectivity index (χ1v) is 7.08. The molecule has 0 spiro atoms. The fourth-order valence-electron chi connectivity index (χ4n) is 2.62. The van der Waals surface area contributed by atoms with E-state index in [1.165, 1.54) is 5.39 Å². The van der Waals surface area contributed by atoms with Gasteiger partial charge in [-0.25, -0.2) is 0 Å². The van der Waals surface area contributed by atoms with E-state index in [4.69, 9.17) is 0 Å². The third kappa shape index (κ3) is 1.65. The van der Waals surface area contributed by atoms with Crippen molar-refractivity contribution in [1.82, 2.24) is 14.5 Å². The Hall–Kier alpha value is -2.20. The summed E-state index contributed by atoms with van der Waals surface area (Å²) in [4.78, 5) is 8.52. The molecule has 0 saturated carbocycles. The monoisotopic (exact) mass is 323 g/mol. The SMILES string of the molecule is Brc1cncc(-n2c3ccccc3c3cnccc32)c1. The molecule has 3 heterocycles. The second-order valence-electron chi connectivity index (χ2n) is 4.61. The van der Waals surface area contributed by atoms with Crippen molar-refractivity contribution in [3.63, 3.8) is 0 Å². The number of benzene rings is 1. The van der Waals surface area contributed by atoms with Crippen LogP contribution in [-0.2, 0) is 0 Å². The highest BCUT2D eigenvalue weighted by Gasteiger charge is 2.11. The zero-order valence-corrected chi connectivity index (χ0v) is 12.1. The van der Waals surface area contributed by atoms with Gasteiger partial charge >= 0.3 is 0 Å². The highest BCUT2D eigenvalue weighted by atomic mass is 79.9. The van der Waals surface area contributed by atoms with Gasteiger partial charge in [0.05, 0.1) is 22.9 Å². The van der Waals surface area contributed by atoms with Crippen molar-refractivity contribution >= 4 is 37.7 Å². The highest BCUT2D eigenvalue weighted by Crippen LogP contribution is 2.31. The fourth-order valence-corrected chi connectivity index (χ4v) is 2.97. The maximum Gasteiger partial charge on any atom is 0.0656 e. The summed E-state index contributed by atoms with van der Waals surface area (Å²) in [6.45, 7) is 0. The second-order valence-corrected chi connectivity index (χ2v) is 5.52. The maximum atomic E-state index is 4.27. The number of pyridine rings is 2. The number of rotatable bonds is 1. The summed E-state index contributed by atoms with van der Waals surface area (Å²) in [6.07, 6.45) is 7.40. The van der Waals surface area contributed by atoms with Crippen LogP contribution in [0.1, 0.15) is 0 Å². The third-order valence-corrected chi connectivity index (χ3v) is 3.86. The molecule has 96 valence electrons. The Kier molecular flexibility index (Phi) is 2.57. The van der Waals surface area contributed by atoms with E-state index < -0.39 is 0 Å². The van der Waals surface area contributed by atoms with Gasteiger partial charge in [-0.05, 0) is 34.1 Å². The summed E-state index contributed by atoms with van der Waals surface area (Å²) < 4.78 is 3.18. The van der Waals surface area contributed by atoms with Crippen LogP contribution in [0.3, 0.4) is 0 Å². The van der Waals surface area contributed by atoms with Crippen molar-refractivity contribution < 1.29 is 0 Å². The van der Waals surface area contributed by atoms with Crippen LogP contribution in [-0.4, -0.2) is 14.5 Å². The predicted molar refractivity (Wildman–Crippen MR) is 84.1 cm³/mol. The summed E-state index contributed by atoms with van der Waals surface area (Å²) in [5, 5.41) is 2.36. The molecule has 3 nitrogen and oxygen atoms in total. The summed E-state index contributed by atoms with van der Waals surface area (Å²) in [7, 11) is 0. The van der Waals surface area contributed by atoms with Crippen LogP contribution in [0, 0.1) is 0 Å². The average molecular weight is 324 g/mol. The van der Waals surface area contributed by atoms with E-state index in [-0.39, 0.29) is 0 Å². The first kappa shape index (κ1) is 11.6. The number of fused-ring (bicyclic) bond motifs is 3. The molecule has 0 aliphatic carbocycles.